The summed E-state index contributed by atoms with van der Waals surface area (Å²) in [5.41, 5.74) is 3.78. The van der Waals surface area contributed by atoms with Crippen LogP contribution in [0.4, 0.5) is 5.69 Å². The predicted octanol–water partition coefficient (Wildman–Crippen LogP) is 3.03. The number of aryl methyl sites for hydroxylation is 2. The number of carboxylic acids is 1. The molecule has 0 saturated carbocycles. The second kappa shape index (κ2) is 8.02. The van der Waals surface area contributed by atoms with Crippen LogP contribution in [0.3, 0.4) is 0 Å². The standard InChI is InChI=1S/C13H14O3.C7H7NO3S/c14-12(6-7-13(15)16)11-5-4-9-2-1-3-10(9)8-11;1-11-6-4-5-2-3-7(6)12(9,10)8-5/h4-5,8H,1-3,6-7H2,(H,15,16);2-4,8H,1H3. The van der Waals surface area contributed by atoms with Gasteiger partial charge in [0.15, 0.2) is 5.78 Å². The molecule has 148 valence electrons. The lowest BCUT2D eigenvalue weighted by atomic mass is 10.0. The Morgan fingerprint density at radius 2 is 1.82 bits per heavy atom. The normalized spacial score (nSPS) is 15.0. The number of hydrogen-bond acceptors (Lipinski definition) is 5. The molecule has 0 unspecified atom stereocenters. The van der Waals surface area contributed by atoms with Crippen molar-refractivity contribution in [2.45, 2.75) is 37.0 Å². The maximum absolute atomic E-state index is 11.7. The zero-order valence-electron chi connectivity index (χ0n) is 15.4. The number of carboxylic acid groups (broad SMARTS) is 1. The molecule has 0 spiro atoms. The van der Waals surface area contributed by atoms with E-state index in [1.165, 1.54) is 24.3 Å². The molecule has 3 aliphatic rings. The minimum absolute atomic E-state index is 0.0721. The molecule has 1 aliphatic carbocycles. The van der Waals surface area contributed by atoms with Gasteiger partial charge >= 0.3 is 5.97 Å². The quantitative estimate of drug-likeness (QED) is 0.743. The molecule has 2 heterocycles. The highest BCUT2D eigenvalue weighted by atomic mass is 32.2. The van der Waals surface area contributed by atoms with Crippen molar-refractivity contribution in [3.05, 3.63) is 53.1 Å². The number of methoxy groups -OCH3 is 1. The first kappa shape index (κ1) is 19.9. The van der Waals surface area contributed by atoms with Crippen LogP contribution in [0, 0.1) is 0 Å². The van der Waals surface area contributed by atoms with Crippen molar-refractivity contribution in [1.29, 1.82) is 0 Å². The van der Waals surface area contributed by atoms with Crippen LogP contribution in [0.5, 0.6) is 5.75 Å². The fourth-order valence-electron chi connectivity index (χ4n) is 3.27. The zero-order valence-corrected chi connectivity index (χ0v) is 16.2. The number of sulfonamides is 1. The molecular formula is C20H21NO6S. The minimum Gasteiger partial charge on any atom is -0.495 e. The van der Waals surface area contributed by atoms with Crippen molar-refractivity contribution in [3.8, 4) is 5.75 Å². The Bertz CT molecular complexity index is 1030. The fourth-order valence-corrected chi connectivity index (χ4v) is 4.47. The van der Waals surface area contributed by atoms with E-state index < -0.39 is 16.0 Å². The Hall–Kier alpha value is -2.87. The van der Waals surface area contributed by atoms with Gasteiger partial charge in [0.2, 0.25) is 0 Å². The second-order valence-corrected chi connectivity index (χ2v) is 8.28. The Morgan fingerprint density at radius 1 is 1.07 bits per heavy atom. The number of nitrogens with one attached hydrogen (secondary N) is 1. The summed E-state index contributed by atoms with van der Waals surface area (Å²) in [6, 6.07) is 10.6. The first-order valence-electron chi connectivity index (χ1n) is 8.88. The number of ketones is 1. The molecular weight excluding hydrogens is 382 g/mol. The van der Waals surface area contributed by atoms with E-state index in [9.17, 15) is 18.0 Å². The third kappa shape index (κ3) is 4.33. The van der Waals surface area contributed by atoms with Gasteiger partial charge in [0.05, 0.1) is 19.2 Å². The van der Waals surface area contributed by atoms with Gasteiger partial charge in [-0.3, -0.25) is 14.3 Å². The highest BCUT2D eigenvalue weighted by Gasteiger charge is 2.25. The van der Waals surface area contributed by atoms with Crippen LogP contribution in [0.2, 0.25) is 0 Å². The summed E-state index contributed by atoms with van der Waals surface area (Å²) in [6.07, 6.45) is 3.29. The summed E-state index contributed by atoms with van der Waals surface area (Å²) < 4.78 is 29.8. The molecule has 5 rings (SSSR count). The van der Waals surface area contributed by atoms with E-state index >= 15 is 0 Å². The van der Waals surface area contributed by atoms with E-state index in [4.69, 9.17) is 9.84 Å². The summed E-state index contributed by atoms with van der Waals surface area (Å²) in [5.74, 6) is -0.599. The minimum atomic E-state index is -3.34. The molecule has 28 heavy (non-hydrogen) atoms. The predicted molar refractivity (Wildman–Crippen MR) is 103 cm³/mol. The molecule has 2 aromatic carbocycles. The number of hydrogen-bond donors (Lipinski definition) is 2. The van der Waals surface area contributed by atoms with Gasteiger partial charge in [0.1, 0.15) is 10.6 Å². The SMILES string of the molecule is COc1cc2ccc1S(=O)(=O)N2.O=C(O)CCC(=O)c1ccc2c(c1)CCC2. The van der Waals surface area contributed by atoms with Gasteiger partial charge < -0.3 is 9.84 Å². The monoisotopic (exact) mass is 403 g/mol. The summed E-state index contributed by atoms with van der Waals surface area (Å²) in [6.45, 7) is 0. The Kier molecular flexibility index (Phi) is 5.69. The number of benzene rings is 2. The van der Waals surface area contributed by atoms with Crippen molar-refractivity contribution < 1.29 is 27.9 Å². The highest BCUT2D eigenvalue weighted by molar-refractivity contribution is 7.93. The van der Waals surface area contributed by atoms with Gasteiger partial charge in [0.25, 0.3) is 10.0 Å². The lowest BCUT2D eigenvalue weighted by Gasteiger charge is -2.18. The summed E-state index contributed by atoms with van der Waals surface area (Å²) in [7, 11) is -1.89. The second-order valence-electron chi connectivity index (χ2n) is 6.63. The number of rotatable bonds is 5. The highest BCUT2D eigenvalue weighted by Crippen LogP contribution is 2.33. The molecule has 8 heteroatoms. The van der Waals surface area contributed by atoms with Crippen molar-refractivity contribution in [1.82, 2.24) is 0 Å². The molecule has 2 aliphatic heterocycles. The van der Waals surface area contributed by atoms with Gasteiger partial charge in [-0.25, -0.2) is 8.42 Å². The number of carbonyl (C=O) groups excluding carboxylic acids is 1. The average Bonchev–Trinajstić information content (AvgIpc) is 3.13. The molecule has 0 atom stereocenters. The smallest absolute Gasteiger partial charge is 0.303 e. The number of carbonyl (C=O) groups is 2. The van der Waals surface area contributed by atoms with Crippen LogP contribution in [0.1, 0.15) is 40.7 Å². The number of aliphatic carboxylic acids is 1. The Labute approximate surface area is 163 Å². The third-order valence-electron chi connectivity index (χ3n) is 4.69. The molecule has 0 fully saturated rings. The first-order valence-corrected chi connectivity index (χ1v) is 10.4. The number of ether oxygens (including phenoxy) is 1. The lowest BCUT2D eigenvalue weighted by Crippen LogP contribution is -2.18. The summed E-state index contributed by atoms with van der Waals surface area (Å²) in [4.78, 5) is 22.3. The van der Waals surface area contributed by atoms with Crippen LogP contribution in [0.25, 0.3) is 0 Å². The van der Waals surface area contributed by atoms with Gasteiger partial charge in [0, 0.05) is 18.1 Å². The van der Waals surface area contributed by atoms with Gasteiger partial charge in [-0.2, -0.15) is 0 Å². The van der Waals surface area contributed by atoms with E-state index in [0.29, 0.717) is 17.0 Å². The number of anilines is 1. The lowest BCUT2D eigenvalue weighted by molar-refractivity contribution is -0.136. The Morgan fingerprint density at radius 3 is 2.43 bits per heavy atom. The van der Waals surface area contributed by atoms with E-state index in [-0.39, 0.29) is 23.5 Å². The topological polar surface area (TPSA) is 110 Å². The van der Waals surface area contributed by atoms with Gasteiger partial charge in [-0.15, -0.1) is 0 Å². The zero-order chi connectivity index (χ0) is 20.3. The molecule has 2 N–H and O–H groups in total. The van der Waals surface area contributed by atoms with E-state index in [0.717, 1.165) is 19.3 Å². The van der Waals surface area contributed by atoms with Crippen molar-refractivity contribution in [3.63, 3.8) is 0 Å². The van der Waals surface area contributed by atoms with Crippen LogP contribution >= 0.6 is 0 Å². The van der Waals surface area contributed by atoms with Crippen LogP contribution in [-0.2, 0) is 27.7 Å². The maximum atomic E-state index is 11.7. The Balaban J connectivity index is 0.000000167. The largest absolute Gasteiger partial charge is 0.495 e. The van der Waals surface area contributed by atoms with E-state index in [2.05, 4.69) is 4.72 Å². The van der Waals surface area contributed by atoms with Crippen LogP contribution in [-0.4, -0.2) is 32.4 Å². The van der Waals surface area contributed by atoms with E-state index in [1.54, 1.807) is 12.1 Å². The molecule has 0 radical (unpaired) electrons. The molecule has 2 bridgehead atoms. The molecule has 7 nitrogen and oxygen atoms in total. The summed E-state index contributed by atoms with van der Waals surface area (Å²) >= 11 is 0. The summed E-state index contributed by atoms with van der Waals surface area (Å²) in [5, 5.41) is 8.51. The number of fused-ring (bicyclic) bond motifs is 4. The van der Waals surface area contributed by atoms with E-state index in [1.807, 2.05) is 18.2 Å². The van der Waals surface area contributed by atoms with Crippen molar-refractivity contribution >= 4 is 27.5 Å². The van der Waals surface area contributed by atoms with Gasteiger partial charge in [-0.1, -0.05) is 12.1 Å². The molecule has 0 amide bonds. The van der Waals surface area contributed by atoms with Crippen LogP contribution in [0.15, 0.2) is 41.3 Å². The average molecular weight is 403 g/mol. The maximum Gasteiger partial charge on any atom is 0.303 e. The molecule has 0 saturated heterocycles. The van der Waals surface area contributed by atoms with Crippen LogP contribution < -0.4 is 9.46 Å². The molecule has 2 aromatic rings. The number of Topliss-reactive ketones (excluding diaryl/α,β-unsaturated/α-hetero) is 1. The third-order valence-corrected chi connectivity index (χ3v) is 6.11. The first-order chi connectivity index (χ1) is 13.3. The van der Waals surface area contributed by atoms with Gasteiger partial charge in [-0.05, 0) is 48.6 Å². The fraction of sp³-hybridized carbons (Fsp3) is 0.300. The van der Waals surface area contributed by atoms with Crippen molar-refractivity contribution in [2.75, 3.05) is 11.8 Å². The molecule has 0 aromatic heterocycles. The van der Waals surface area contributed by atoms with Crippen molar-refractivity contribution in [2.24, 2.45) is 0 Å².